The number of aromatic nitrogens is 2. The number of nitrogens with two attached hydrogens (primary N) is 1. The number of nitrogens with zero attached hydrogens (tertiary/aromatic N) is 3. The zero-order chi connectivity index (χ0) is 23.7. The van der Waals surface area contributed by atoms with Crippen molar-refractivity contribution in [3.8, 4) is 0 Å². The topological polar surface area (TPSA) is 194 Å². The van der Waals surface area contributed by atoms with E-state index in [1.807, 2.05) is 9.48 Å². The third-order valence-corrected chi connectivity index (χ3v) is 5.45. The number of carboxylic acids is 2. The molecule has 1 aromatic carbocycles. The van der Waals surface area contributed by atoms with Gasteiger partial charge in [0.05, 0.1) is 6.54 Å². The molecule has 172 valence electrons. The summed E-state index contributed by atoms with van der Waals surface area (Å²) in [7, 11) is 0. The van der Waals surface area contributed by atoms with Crippen molar-refractivity contribution >= 4 is 47.3 Å². The lowest BCUT2D eigenvalue weighted by atomic mass is 10.1. The molecular weight excluding hydrogens is 434 g/mol. The van der Waals surface area contributed by atoms with Crippen LogP contribution in [0.3, 0.4) is 0 Å². The van der Waals surface area contributed by atoms with E-state index in [1.54, 1.807) is 30.6 Å². The van der Waals surface area contributed by atoms with Crippen molar-refractivity contribution in [2.45, 2.75) is 24.9 Å². The number of amides is 1. The summed E-state index contributed by atoms with van der Waals surface area (Å²) in [6.07, 6.45) is 1.20. The molecule has 2 aliphatic rings. The number of rotatable bonds is 7. The second-order valence-corrected chi connectivity index (χ2v) is 7.70. The zero-order valence-corrected chi connectivity index (χ0v) is 17.3. The Morgan fingerprint density at radius 1 is 1.27 bits per heavy atom. The van der Waals surface area contributed by atoms with E-state index >= 15 is 0 Å². The molecule has 4 rings (SSSR count). The Bertz CT molecular complexity index is 1210. The molecule has 0 saturated carbocycles. The van der Waals surface area contributed by atoms with E-state index in [-0.39, 0.29) is 36.0 Å². The van der Waals surface area contributed by atoms with Crippen LogP contribution in [0.5, 0.6) is 0 Å². The van der Waals surface area contributed by atoms with E-state index in [9.17, 15) is 24.3 Å². The van der Waals surface area contributed by atoms with Crippen LogP contribution in [-0.4, -0.2) is 74.1 Å². The number of aromatic amines is 1. The molecule has 3 heterocycles. The van der Waals surface area contributed by atoms with Crippen molar-refractivity contribution in [1.29, 1.82) is 0 Å². The van der Waals surface area contributed by atoms with Crippen LogP contribution in [0.15, 0.2) is 29.1 Å². The quantitative estimate of drug-likeness (QED) is 0.293. The van der Waals surface area contributed by atoms with Gasteiger partial charge in [-0.1, -0.05) is 0 Å². The first-order chi connectivity index (χ1) is 15.7. The number of nitrogens with one attached hydrogen (secondary N) is 3. The first-order valence-electron chi connectivity index (χ1n) is 10.1. The number of carboxylic acid groups (broad SMARTS) is 2. The van der Waals surface area contributed by atoms with Crippen LogP contribution in [0.2, 0.25) is 0 Å². The highest BCUT2D eigenvalue weighted by molar-refractivity contribution is 5.97. The number of anilines is 3. The van der Waals surface area contributed by atoms with Crippen molar-refractivity contribution in [2.24, 2.45) is 0 Å². The summed E-state index contributed by atoms with van der Waals surface area (Å²) in [5.41, 5.74) is 6.64. The van der Waals surface area contributed by atoms with E-state index in [1.165, 1.54) is 0 Å². The van der Waals surface area contributed by atoms with Crippen LogP contribution in [0.25, 0.3) is 0 Å². The predicted molar refractivity (Wildman–Crippen MR) is 117 cm³/mol. The van der Waals surface area contributed by atoms with E-state index in [0.29, 0.717) is 24.6 Å². The first kappa shape index (κ1) is 21.8. The molecule has 2 atom stereocenters. The third kappa shape index (κ3) is 4.46. The molecule has 0 spiro atoms. The highest BCUT2D eigenvalue weighted by Gasteiger charge is 2.39. The van der Waals surface area contributed by atoms with Crippen LogP contribution >= 0.6 is 0 Å². The molecule has 2 aromatic rings. The molecular formula is C20H22N7O6+. The van der Waals surface area contributed by atoms with Gasteiger partial charge in [-0.05, 0) is 30.7 Å². The number of benzene rings is 1. The molecule has 33 heavy (non-hydrogen) atoms. The van der Waals surface area contributed by atoms with Crippen LogP contribution in [-0.2, 0) is 9.59 Å². The fraction of sp³-hybridized carbons (Fsp3) is 0.300. The minimum absolute atomic E-state index is 0.0161. The molecule has 1 amide bonds. The summed E-state index contributed by atoms with van der Waals surface area (Å²) in [5.74, 6) is -2.62. The summed E-state index contributed by atoms with van der Waals surface area (Å²) in [5, 5.41) is 23.4. The lowest BCUT2D eigenvalue weighted by Gasteiger charge is -2.20. The number of carbonyl (C=O) groups excluding carboxylic acids is 1. The average molecular weight is 456 g/mol. The maximum atomic E-state index is 12.4. The molecule has 0 aliphatic carbocycles. The number of fused-ring (bicyclic) bond motifs is 3. The Labute approximate surface area is 186 Å². The maximum absolute atomic E-state index is 12.4. The number of nitrogen functional groups attached to an aromatic ring is 1. The van der Waals surface area contributed by atoms with Crippen LogP contribution in [0.4, 0.5) is 23.1 Å². The van der Waals surface area contributed by atoms with Crippen LogP contribution in [0, 0.1) is 0 Å². The Morgan fingerprint density at radius 2 is 2.00 bits per heavy atom. The average Bonchev–Trinajstić information content (AvgIpc) is 3.20. The highest BCUT2D eigenvalue weighted by Crippen LogP contribution is 2.28. The van der Waals surface area contributed by atoms with Gasteiger partial charge in [0.2, 0.25) is 18.0 Å². The molecule has 0 bridgehead atoms. The van der Waals surface area contributed by atoms with Crippen molar-refractivity contribution in [1.82, 2.24) is 15.3 Å². The van der Waals surface area contributed by atoms with Gasteiger partial charge in [-0.3, -0.25) is 19.4 Å². The van der Waals surface area contributed by atoms with Gasteiger partial charge in [-0.2, -0.15) is 4.98 Å². The molecule has 1 aromatic heterocycles. The minimum atomic E-state index is -1.30. The molecule has 13 heteroatoms. The minimum Gasteiger partial charge on any atom is -0.481 e. The standard InChI is InChI=1S/C20H21N7O6/c21-20-24-16-15(18(31)25-20)27-9-26(8-12(27)7-22-16)11-3-1-10(2-4-11)17(30)23-13(19(32)33)5-6-14(28)29/h1-4,9,12-13H,5-8H2,(H6-,21,22,23,24,25,28,29,30,31,32,33)/p+1/t12?,13-/m0/s1. The summed E-state index contributed by atoms with van der Waals surface area (Å²) < 4.78 is 1.83. The first-order valence-corrected chi connectivity index (χ1v) is 10.1. The Balaban J connectivity index is 1.49. The van der Waals surface area contributed by atoms with Crippen molar-refractivity contribution in [3.63, 3.8) is 0 Å². The fourth-order valence-corrected chi connectivity index (χ4v) is 3.81. The van der Waals surface area contributed by atoms with E-state index in [4.69, 9.17) is 10.8 Å². The third-order valence-electron chi connectivity index (χ3n) is 5.45. The molecule has 0 saturated heterocycles. The molecule has 0 radical (unpaired) electrons. The Morgan fingerprint density at radius 3 is 2.67 bits per heavy atom. The zero-order valence-electron chi connectivity index (χ0n) is 17.3. The van der Waals surface area contributed by atoms with Crippen molar-refractivity contribution in [2.75, 3.05) is 29.0 Å². The van der Waals surface area contributed by atoms with Gasteiger partial charge in [-0.25, -0.2) is 14.3 Å². The molecule has 2 aliphatic heterocycles. The second-order valence-electron chi connectivity index (χ2n) is 7.70. The van der Waals surface area contributed by atoms with Crippen LogP contribution in [0.1, 0.15) is 23.2 Å². The number of H-pyrrole nitrogens is 1. The Kier molecular flexibility index (Phi) is 5.69. The Hall–Kier alpha value is -4.42. The van der Waals surface area contributed by atoms with Gasteiger partial charge >= 0.3 is 17.5 Å². The fourth-order valence-electron chi connectivity index (χ4n) is 3.81. The number of aliphatic carboxylic acids is 2. The highest BCUT2D eigenvalue weighted by atomic mass is 16.4. The SMILES string of the molecule is Nc1nc2c(c(=O)[nH]1)[N+]1=CN(c3ccc(C(=O)N[C@@H](CCC(=O)O)C(=O)O)cc3)CC1CN2. The van der Waals surface area contributed by atoms with Gasteiger partial charge in [0.1, 0.15) is 18.3 Å². The lowest BCUT2D eigenvalue weighted by Crippen LogP contribution is -2.41. The number of hydrogen-bond donors (Lipinski definition) is 6. The van der Waals surface area contributed by atoms with Crippen molar-refractivity contribution in [3.05, 3.63) is 40.2 Å². The summed E-state index contributed by atoms with van der Waals surface area (Å²) >= 11 is 0. The predicted octanol–water partition coefficient (Wildman–Crippen LogP) is -0.613. The maximum Gasteiger partial charge on any atom is 0.326 e. The largest absolute Gasteiger partial charge is 0.481 e. The van der Waals surface area contributed by atoms with Gasteiger partial charge in [0, 0.05) is 12.0 Å². The molecule has 13 nitrogen and oxygen atoms in total. The normalized spacial score (nSPS) is 17.3. The smallest absolute Gasteiger partial charge is 0.326 e. The molecule has 1 unspecified atom stereocenters. The van der Waals surface area contributed by atoms with E-state index in [2.05, 4.69) is 20.6 Å². The van der Waals surface area contributed by atoms with Crippen LogP contribution < -0.4 is 26.8 Å². The van der Waals surface area contributed by atoms with Gasteiger partial charge in [0.25, 0.3) is 5.91 Å². The van der Waals surface area contributed by atoms with Gasteiger partial charge in [0.15, 0.2) is 11.9 Å². The second kappa shape index (κ2) is 8.61. The van der Waals surface area contributed by atoms with Gasteiger partial charge in [-0.15, -0.1) is 0 Å². The van der Waals surface area contributed by atoms with Gasteiger partial charge < -0.3 is 26.6 Å². The van der Waals surface area contributed by atoms with E-state index < -0.39 is 23.9 Å². The number of carbonyl (C=O) groups is 3. The summed E-state index contributed by atoms with van der Waals surface area (Å²) in [6, 6.07) is 5.19. The lowest BCUT2D eigenvalue weighted by molar-refractivity contribution is -0.468. The summed E-state index contributed by atoms with van der Waals surface area (Å²) in [6.45, 7) is 1.14. The number of hydrogen-bond acceptors (Lipinski definition) is 8. The molecule has 7 N–H and O–H groups in total. The van der Waals surface area contributed by atoms with E-state index in [0.717, 1.165) is 5.69 Å². The summed E-state index contributed by atoms with van der Waals surface area (Å²) in [4.78, 5) is 55.4. The molecule has 0 fully saturated rings. The van der Waals surface area contributed by atoms with Crippen molar-refractivity contribution < 1.29 is 29.2 Å². The monoisotopic (exact) mass is 456 g/mol.